The Labute approximate surface area is 140 Å². The van der Waals surface area contributed by atoms with Crippen LogP contribution in [-0.2, 0) is 19.4 Å². The minimum absolute atomic E-state index is 0.0196. The lowest BCUT2D eigenvalue weighted by molar-refractivity contribution is 0.0762. The zero-order valence-corrected chi connectivity index (χ0v) is 13.5. The Hall–Kier alpha value is -2.50. The smallest absolute Gasteiger partial charge is 0.255 e. The molecule has 4 rings (SSSR count). The quantitative estimate of drug-likeness (QED) is 0.853. The van der Waals surface area contributed by atoms with Gasteiger partial charge in [-0.15, -0.1) is 0 Å². The molecule has 0 unspecified atom stereocenters. The topological polar surface area (TPSA) is 68.1 Å². The third kappa shape index (κ3) is 2.96. The molecule has 2 aromatic heterocycles. The Morgan fingerprint density at radius 1 is 1.12 bits per heavy atom. The van der Waals surface area contributed by atoms with Crippen molar-refractivity contribution in [3.8, 4) is 0 Å². The van der Waals surface area contributed by atoms with Crippen LogP contribution < -0.4 is 5.56 Å². The summed E-state index contributed by atoms with van der Waals surface area (Å²) in [5.74, 6) is 0.631. The first-order valence-electron chi connectivity index (χ1n) is 8.50. The summed E-state index contributed by atoms with van der Waals surface area (Å²) in [7, 11) is 0. The lowest BCUT2D eigenvalue weighted by Gasteiger charge is -2.20. The van der Waals surface area contributed by atoms with Crippen molar-refractivity contribution in [3.63, 3.8) is 0 Å². The molecular weight excluding hydrogens is 304 g/mol. The van der Waals surface area contributed by atoms with Gasteiger partial charge in [0, 0.05) is 37.8 Å². The van der Waals surface area contributed by atoms with E-state index in [9.17, 15) is 9.59 Å². The maximum atomic E-state index is 12.6. The molecule has 0 saturated heterocycles. The SMILES string of the molecule is O=C(c1ccnnc1)N1CCc2ccc(=O)n(CC3CC3)c2CC1. The van der Waals surface area contributed by atoms with E-state index >= 15 is 0 Å². The second-order valence-electron chi connectivity index (χ2n) is 6.62. The summed E-state index contributed by atoms with van der Waals surface area (Å²) in [6.45, 7) is 2.11. The average molecular weight is 324 g/mol. The van der Waals surface area contributed by atoms with Crippen molar-refractivity contribution >= 4 is 5.91 Å². The molecule has 0 aromatic carbocycles. The summed E-state index contributed by atoms with van der Waals surface area (Å²) in [6, 6.07) is 5.30. The third-order valence-corrected chi connectivity index (χ3v) is 4.92. The van der Waals surface area contributed by atoms with E-state index in [2.05, 4.69) is 10.2 Å². The van der Waals surface area contributed by atoms with Gasteiger partial charge in [0.1, 0.15) is 0 Å². The first-order valence-corrected chi connectivity index (χ1v) is 8.50. The monoisotopic (exact) mass is 324 g/mol. The van der Waals surface area contributed by atoms with Crippen molar-refractivity contribution in [1.82, 2.24) is 19.7 Å². The summed E-state index contributed by atoms with van der Waals surface area (Å²) >= 11 is 0. The molecule has 0 atom stereocenters. The Kier molecular flexibility index (Phi) is 3.88. The van der Waals surface area contributed by atoms with E-state index in [0.29, 0.717) is 24.6 Å². The number of pyridine rings is 1. The summed E-state index contributed by atoms with van der Waals surface area (Å²) < 4.78 is 1.94. The summed E-state index contributed by atoms with van der Waals surface area (Å²) in [6.07, 6.45) is 6.98. The fourth-order valence-corrected chi connectivity index (χ4v) is 3.36. The number of carbonyl (C=O) groups is 1. The van der Waals surface area contributed by atoms with Gasteiger partial charge in [0.05, 0.1) is 18.0 Å². The molecule has 1 aliphatic heterocycles. The van der Waals surface area contributed by atoms with E-state index in [1.165, 1.54) is 30.8 Å². The van der Waals surface area contributed by atoms with Crippen LogP contribution in [0.5, 0.6) is 0 Å². The summed E-state index contributed by atoms with van der Waals surface area (Å²) in [5, 5.41) is 7.51. The second kappa shape index (κ2) is 6.19. The number of fused-ring (bicyclic) bond motifs is 1. The van der Waals surface area contributed by atoms with Gasteiger partial charge in [0.15, 0.2) is 0 Å². The molecule has 3 heterocycles. The molecule has 0 N–H and O–H groups in total. The molecule has 24 heavy (non-hydrogen) atoms. The molecule has 1 aliphatic carbocycles. The van der Waals surface area contributed by atoms with Gasteiger partial charge in [-0.2, -0.15) is 10.2 Å². The molecule has 0 spiro atoms. The van der Waals surface area contributed by atoms with Gasteiger partial charge in [-0.25, -0.2) is 0 Å². The highest BCUT2D eigenvalue weighted by Gasteiger charge is 2.26. The zero-order chi connectivity index (χ0) is 16.5. The molecule has 1 saturated carbocycles. The van der Waals surface area contributed by atoms with Gasteiger partial charge in [-0.1, -0.05) is 6.07 Å². The highest BCUT2D eigenvalue weighted by Crippen LogP contribution is 2.31. The number of rotatable bonds is 3. The van der Waals surface area contributed by atoms with Crippen molar-refractivity contribution in [2.45, 2.75) is 32.2 Å². The Bertz CT molecular complexity index is 812. The largest absolute Gasteiger partial charge is 0.338 e. The molecule has 0 bridgehead atoms. The van der Waals surface area contributed by atoms with Crippen LogP contribution in [0.4, 0.5) is 0 Å². The Balaban J connectivity index is 1.57. The van der Waals surface area contributed by atoms with Gasteiger partial charge in [0.25, 0.3) is 11.5 Å². The normalized spacial score (nSPS) is 17.2. The number of hydrogen-bond acceptors (Lipinski definition) is 4. The lowest BCUT2D eigenvalue weighted by atomic mass is 10.1. The number of aromatic nitrogens is 3. The van der Waals surface area contributed by atoms with Gasteiger partial charge in [-0.05, 0) is 36.8 Å². The van der Waals surface area contributed by atoms with Gasteiger partial charge < -0.3 is 9.47 Å². The van der Waals surface area contributed by atoms with Gasteiger partial charge in [-0.3, -0.25) is 9.59 Å². The lowest BCUT2D eigenvalue weighted by Crippen LogP contribution is -2.33. The predicted molar refractivity (Wildman–Crippen MR) is 88.8 cm³/mol. The maximum absolute atomic E-state index is 12.6. The molecule has 124 valence electrons. The maximum Gasteiger partial charge on any atom is 0.255 e. The zero-order valence-electron chi connectivity index (χ0n) is 13.5. The van der Waals surface area contributed by atoms with Crippen LogP contribution in [0.15, 0.2) is 35.4 Å². The van der Waals surface area contributed by atoms with Crippen LogP contribution in [0.1, 0.15) is 34.5 Å². The van der Waals surface area contributed by atoms with Crippen molar-refractivity contribution < 1.29 is 4.79 Å². The number of amides is 1. The molecule has 1 amide bonds. The van der Waals surface area contributed by atoms with Crippen molar-refractivity contribution in [2.24, 2.45) is 5.92 Å². The molecule has 2 aromatic rings. The molecule has 2 aliphatic rings. The number of carbonyl (C=O) groups excluding carboxylic acids is 1. The van der Waals surface area contributed by atoms with Crippen LogP contribution in [0.2, 0.25) is 0 Å². The fraction of sp³-hybridized carbons (Fsp3) is 0.444. The second-order valence-corrected chi connectivity index (χ2v) is 6.62. The fourth-order valence-electron chi connectivity index (χ4n) is 3.36. The van der Waals surface area contributed by atoms with Crippen LogP contribution in [0.25, 0.3) is 0 Å². The molecule has 6 nitrogen and oxygen atoms in total. The first kappa shape index (κ1) is 15.1. The van der Waals surface area contributed by atoms with Crippen molar-refractivity contribution in [1.29, 1.82) is 0 Å². The average Bonchev–Trinajstić information content (AvgIpc) is 3.44. The van der Waals surface area contributed by atoms with E-state index in [4.69, 9.17) is 0 Å². The first-order chi connectivity index (χ1) is 11.7. The van der Waals surface area contributed by atoms with Crippen molar-refractivity contribution in [3.05, 3.63) is 57.8 Å². The third-order valence-electron chi connectivity index (χ3n) is 4.92. The predicted octanol–water partition coefficient (Wildman–Crippen LogP) is 1.29. The highest BCUT2D eigenvalue weighted by molar-refractivity contribution is 5.93. The Morgan fingerprint density at radius 3 is 2.71 bits per heavy atom. The molecule has 1 fully saturated rings. The van der Waals surface area contributed by atoms with Crippen LogP contribution in [0.3, 0.4) is 0 Å². The van der Waals surface area contributed by atoms with E-state index in [-0.39, 0.29) is 11.5 Å². The Morgan fingerprint density at radius 2 is 1.96 bits per heavy atom. The summed E-state index contributed by atoms with van der Waals surface area (Å²) in [4.78, 5) is 26.8. The number of nitrogens with zero attached hydrogens (tertiary/aromatic N) is 4. The van der Waals surface area contributed by atoms with Crippen LogP contribution in [0, 0.1) is 5.92 Å². The van der Waals surface area contributed by atoms with E-state index in [1.54, 1.807) is 12.1 Å². The van der Waals surface area contributed by atoms with Gasteiger partial charge >= 0.3 is 0 Å². The highest BCUT2D eigenvalue weighted by atomic mass is 16.2. The van der Waals surface area contributed by atoms with E-state index in [0.717, 1.165) is 25.1 Å². The van der Waals surface area contributed by atoms with Crippen LogP contribution >= 0.6 is 0 Å². The standard InChI is InChI=1S/C18H20N4O2/c23-17-4-3-14-6-9-21(18(24)15-5-8-19-20-11-15)10-7-16(14)22(17)12-13-1-2-13/h3-5,8,11,13H,1-2,6-7,9-10,12H2. The minimum atomic E-state index is -0.0196. The van der Waals surface area contributed by atoms with Crippen LogP contribution in [-0.4, -0.2) is 38.7 Å². The van der Waals surface area contributed by atoms with E-state index in [1.807, 2.05) is 15.5 Å². The molecule has 6 heteroatoms. The summed E-state index contributed by atoms with van der Waals surface area (Å²) in [5.41, 5.74) is 2.95. The minimum Gasteiger partial charge on any atom is -0.338 e. The molecule has 0 radical (unpaired) electrons. The number of hydrogen-bond donors (Lipinski definition) is 0. The molecular formula is C18H20N4O2. The van der Waals surface area contributed by atoms with Crippen molar-refractivity contribution in [2.75, 3.05) is 13.1 Å². The van der Waals surface area contributed by atoms with Gasteiger partial charge in [0.2, 0.25) is 0 Å². The van der Waals surface area contributed by atoms with E-state index < -0.39 is 0 Å².